The predicted molar refractivity (Wildman–Crippen MR) is 142 cm³/mol. The van der Waals surface area contributed by atoms with E-state index < -0.39 is 5.41 Å². The molecule has 1 heterocycles. The average molecular weight is 471 g/mol. The van der Waals surface area contributed by atoms with Crippen molar-refractivity contribution in [3.8, 4) is 0 Å². The number of carbonyl (C=O) groups is 1. The van der Waals surface area contributed by atoms with Gasteiger partial charge in [-0.2, -0.15) is 0 Å². The van der Waals surface area contributed by atoms with Crippen molar-refractivity contribution in [1.29, 1.82) is 0 Å². The second kappa shape index (κ2) is 9.25. The first-order valence-electron chi connectivity index (χ1n) is 13.2. The maximum atomic E-state index is 14.6. The van der Waals surface area contributed by atoms with E-state index in [4.69, 9.17) is 5.73 Å². The number of para-hydroxylation sites is 1. The van der Waals surface area contributed by atoms with Crippen molar-refractivity contribution in [3.05, 3.63) is 66.0 Å². The summed E-state index contributed by atoms with van der Waals surface area (Å²) in [5.41, 5.74) is 9.45. The summed E-state index contributed by atoms with van der Waals surface area (Å²) in [7, 11) is 0. The van der Waals surface area contributed by atoms with Crippen molar-refractivity contribution in [2.75, 3.05) is 10.6 Å². The number of nitrogen functional groups attached to an aromatic ring is 1. The monoisotopic (exact) mass is 470 g/mol. The standard InChI is InChI=1S/C30H38N4O/c1-19(2)21-10-12-24-22(16-21)11-13-25-28(24)20(3)14-15-30(25,4)29(35)34(23-8-6-5-7-9-23)27-17-26(31)32-18-33-27/h5-9,11,16-20,24-25,28H,10,12-15H2,1-4H3,(H2,31,32,33)/t20-,24-,25+,28+,30+/m0/s1. The van der Waals surface area contributed by atoms with E-state index in [1.165, 1.54) is 24.7 Å². The van der Waals surface area contributed by atoms with E-state index >= 15 is 0 Å². The molecular formula is C30H38N4O. The van der Waals surface area contributed by atoms with Crippen LogP contribution < -0.4 is 10.6 Å². The lowest BCUT2D eigenvalue weighted by atomic mass is 9.51. The molecule has 1 saturated carbocycles. The summed E-state index contributed by atoms with van der Waals surface area (Å²) in [6.45, 7) is 9.22. The van der Waals surface area contributed by atoms with Crippen LogP contribution in [0.3, 0.4) is 0 Å². The summed E-state index contributed by atoms with van der Waals surface area (Å²) in [6, 6.07) is 11.5. The van der Waals surface area contributed by atoms with Gasteiger partial charge in [0, 0.05) is 6.07 Å². The van der Waals surface area contributed by atoms with Gasteiger partial charge in [0.1, 0.15) is 18.0 Å². The predicted octanol–water partition coefficient (Wildman–Crippen LogP) is 6.71. The Hall–Kier alpha value is -2.95. The number of nitrogens with zero attached hydrogens (tertiary/aromatic N) is 3. The highest BCUT2D eigenvalue weighted by Crippen LogP contribution is 2.58. The summed E-state index contributed by atoms with van der Waals surface area (Å²) in [6.07, 6.45) is 11.7. The molecule has 5 heteroatoms. The van der Waals surface area contributed by atoms with Gasteiger partial charge in [0.2, 0.25) is 5.91 Å². The highest BCUT2D eigenvalue weighted by atomic mass is 16.2. The minimum Gasteiger partial charge on any atom is -0.384 e. The molecule has 0 bridgehead atoms. The van der Waals surface area contributed by atoms with Crippen LogP contribution in [0.25, 0.3) is 0 Å². The van der Waals surface area contributed by atoms with Gasteiger partial charge in [0.05, 0.1) is 11.1 Å². The van der Waals surface area contributed by atoms with Gasteiger partial charge < -0.3 is 5.73 Å². The molecule has 5 nitrogen and oxygen atoms in total. The summed E-state index contributed by atoms with van der Waals surface area (Å²) < 4.78 is 0. The Bertz CT molecular complexity index is 1150. The number of hydrogen-bond acceptors (Lipinski definition) is 4. The van der Waals surface area contributed by atoms with Crippen LogP contribution in [0.5, 0.6) is 0 Å². The van der Waals surface area contributed by atoms with E-state index in [0.29, 0.717) is 41.2 Å². The van der Waals surface area contributed by atoms with Crippen molar-refractivity contribution >= 4 is 23.2 Å². The van der Waals surface area contributed by atoms with Crippen molar-refractivity contribution < 1.29 is 4.79 Å². The normalized spacial score (nSPS) is 30.1. The van der Waals surface area contributed by atoms with Crippen molar-refractivity contribution in [2.45, 2.75) is 59.8 Å². The fourth-order valence-corrected chi connectivity index (χ4v) is 6.98. The Morgan fingerprint density at radius 1 is 1.17 bits per heavy atom. The largest absolute Gasteiger partial charge is 0.384 e. The fourth-order valence-electron chi connectivity index (χ4n) is 6.98. The summed E-state index contributed by atoms with van der Waals surface area (Å²) in [4.78, 5) is 24.9. The van der Waals surface area contributed by atoms with E-state index in [-0.39, 0.29) is 5.91 Å². The van der Waals surface area contributed by atoms with Gasteiger partial charge in [-0.3, -0.25) is 9.69 Å². The van der Waals surface area contributed by atoms with Gasteiger partial charge in [0.15, 0.2) is 0 Å². The first kappa shape index (κ1) is 23.8. The van der Waals surface area contributed by atoms with Crippen LogP contribution in [0.4, 0.5) is 17.3 Å². The van der Waals surface area contributed by atoms with E-state index in [0.717, 1.165) is 24.9 Å². The number of hydrogen-bond donors (Lipinski definition) is 1. The number of rotatable bonds is 4. The summed E-state index contributed by atoms with van der Waals surface area (Å²) in [5, 5.41) is 0. The van der Waals surface area contributed by atoms with Crippen molar-refractivity contribution in [1.82, 2.24) is 9.97 Å². The molecule has 1 aromatic heterocycles. The van der Waals surface area contributed by atoms with E-state index in [1.54, 1.807) is 16.5 Å². The maximum absolute atomic E-state index is 14.6. The molecule has 3 aliphatic rings. The number of anilines is 3. The molecule has 3 aliphatic carbocycles. The topological polar surface area (TPSA) is 72.1 Å². The molecule has 1 aromatic carbocycles. The Morgan fingerprint density at radius 2 is 1.94 bits per heavy atom. The third-order valence-electron chi connectivity index (χ3n) is 9.01. The number of allylic oxidation sites excluding steroid dienone is 4. The van der Waals surface area contributed by atoms with Gasteiger partial charge in [-0.05, 0) is 79.4 Å². The third kappa shape index (κ3) is 4.19. The van der Waals surface area contributed by atoms with E-state index in [1.807, 2.05) is 30.3 Å². The zero-order valence-corrected chi connectivity index (χ0v) is 21.4. The van der Waals surface area contributed by atoms with Gasteiger partial charge in [-0.25, -0.2) is 9.97 Å². The van der Waals surface area contributed by atoms with Crippen LogP contribution in [0.15, 0.2) is 66.0 Å². The number of nitrogens with two attached hydrogens (primary N) is 1. The first-order chi connectivity index (χ1) is 16.8. The lowest BCUT2D eigenvalue weighted by Gasteiger charge is -2.54. The minimum atomic E-state index is -0.475. The zero-order valence-electron chi connectivity index (χ0n) is 21.4. The molecular weight excluding hydrogens is 432 g/mol. The fraction of sp³-hybridized carbons (Fsp3) is 0.500. The van der Waals surface area contributed by atoms with Gasteiger partial charge in [-0.1, -0.05) is 63.6 Å². The van der Waals surface area contributed by atoms with Crippen LogP contribution in [0.1, 0.15) is 59.8 Å². The van der Waals surface area contributed by atoms with E-state index in [2.05, 4.69) is 49.8 Å². The average Bonchev–Trinajstić information content (AvgIpc) is 2.86. The Balaban J connectivity index is 1.55. The number of aromatic nitrogens is 2. The number of fused-ring (bicyclic) bond motifs is 3. The highest BCUT2D eigenvalue weighted by Gasteiger charge is 2.54. The number of benzene rings is 1. The molecule has 0 saturated heterocycles. The van der Waals surface area contributed by atoms with Crippen molar-refractivity contribution in [3.63, 3.8) is 0 Å². The third-order valence-corrected chi connectivity index (χ3v) is 9.01. The lowest BCUT2D eigenvalue weighted by Crippen LogP contribution is -2.53. The quantitative estimate of drug-likeness (QED) is 0.539. The summed E-state index contributed by atoms with van der Waals surface area (Å²) >= 11 is 0. The second-order valence-corrected chi connectivity index (χ2v) is 11.4. The molecule has 184 valence electrons. The molecule has 2 aromatic rings. The minimum absolute atomic E-state index is 0.120. The summed E-state index contributed by atoms with van der Waals surface area (Å²) in [5.74, 6) is 3.63. The highest BCUT2D eigenvalue weighted by molar-refractivity contribution is 6.03. The molecule has 2 N–H and O–H groups in total. The Kier molecular flexibility index (Phi) is 6.29. The molecule has 1 fully saturated rings. The van der Waals surface area contributed by atoms with Crippen LogP contribution in [0.2, 0.25) is 0 Å². The smallest absolute Gasteiger partial charge is 0.238 e. The molecule has 0 radical (unpaired) electrons. The Labute approximate surface area is 209 Å². The molecule has 0 unspecified atom stereocenters. The van der Waals surface area contributed by atoms with E-state index in [9.17, 15) is 4.79 Å². The molecule has 0 aliphatic heterocycles. The molecule has 5 atom stereocenters. The van der Waals surface area contributed by atoms with Gasteiger partial charge in [-0.15, -0.1) is 0 Å². The number of amides is 1. The molecule has 1 amide bonds. The second-order valence-electron chi connectivity index (χ2n) is 11.4. The molecule has 0 spiro atoms. The van der Waals surface area contributed by atoms with Crippen LogP contribution >= 0.6 is 0 Å². The van der Waals surface area contributed by atoms with Gasteiger partial charge in [0.25, 0.3) is 0 Å². The number of carbonyl (C=O) groups excluding carboxylic acids is 1. The lowest BCUT2D eigenvalue weighted by molar-refractivity contribution is -0.136. The van der Waals surface area contributed by atoms with Crippen molar-refractivity contribution in [2.24, 2.45) is 35.0 Å². The maximum Gasteiger partial charge on any atom is 0.238 e. The van der Waals surface area contributed by atoms with Crippen LogP contribution in [-0.2, 0) is 4.79 Å². The molecule has 5 rings (SSSR count). The SMILES string of the molecule is CC(C)C1=CC2=CC[C@@H]3[C@H]([C@@H](C)CC[C@@]3(C)C(=O)N(c3ccccc3)c3cc(N)ncn3)[C@H]2CC1. The van der Waals surface area contributed by atoms with Gasteiger partial charge >= 0.3 is 0 Å². The Morgan fingerprint density at radius 3 is 2.66 bits per heavy atom. The first-order valence-corrected chi connectivity index (χ1v) is 13.2. The zero-order chi connectivity index (χ0) is 24.7. The van der Waals surface area contributed by atoms with Crippen LogP contribution in [0, 0.1) is 35.0 Å². The molecule has 35 heavy (non-hydrogen) atoms. The van der Waals surface area contributed by atoms with Crippen LogP contribution in [-0.4, -0.2) is 15.9 Å².